The molecule has 1 saturated heterocycles. The number of methoxy groups -OCH3 is 1. The molecule has 1 aliphatic heterocycles. The first-order chi connectivity index (χ1) is 9.66. The molecule has 0 bridgehead atoms. The highest BCUT2D eigenvalue weighted by Gasteiger charge is 2.50. The van der Waals surface area contributed by atoms with E-state index in [1.54, 1.807) is 18.2 Å². The molecule has 6 heteroatoms. The lowest BCUT2D eigenvalue weighted by Crippen LogP contribution is -2.41. The maximum absolute atomic E-state index is 11.5. The smallest absolute Gasteiger partial charge is 0.462 e. The van der Waals surface area contributed by atoms with E-state index in [2.05, 4.69) is 4.74 Å². The SMILES string of the molecule is COC(=O)c1ccc(CB2OC(C)(C)C(C)(C)O2)c(Cl)c1. The predicted molar refractivity (Wildman–Crippen MR) is 82.6 cm³/mol. The van der Waals surface area contributed by atoms with Crippen LogP contribution in [0.4, 0.5) is 0 Å². The van der Waals surface area contributed by atoms with E-state index in [4.69, 9.17) is 20.9 Å². The largest absolute Gasteiger partial charge is 0.465 e. The predicted octanol–water partition coefficient (Wildman–Crippen LogP) is 3.30. The highest BCUT2D eigenvalue weighted by atomic mass is 35.5. The highest BCUT2D eigenvalue weighted by molar-refractivity contribution is 6.45. The van der Waals surface area contributed by atoms with Crippen molar-refractivity contribution < 1.29 is 18.8 Å². The molecule has 0 N–H and O–H groups in total. The zero-order chi connectivity index (χ0) is 15.8. The van der Waals surface area contributed by atoms with E-state index in [1.807, 2.05) is 27.7 Å². The minimum atomic E-state index is -0.404. The normalized spacial score (nSPS) is 19.6. The fourth-order valence-corrected chi connectivity index (χ4v) is 2.44. The number of benzene rings is 1. The van der Waals surface area contributed by atoms with Crippen LogP contribution in [0, 0.1) is 0 Å². The Bertz CT molecular complexity index is 541. The van der Waals surface area contributed by atoms with Gasteiger partial charge in [-0.25, -0.2) is 4.79 Å². The number of hydrogen-bond acceptors (Lipinski definition) is 4. The molecule has 1 heterocycles. The van der Waals surface area contributed by atoms with Crippen LogP contribution in [-0.4, -0.2) is 31.4 Å². The molecule has 114 valence electrons. The minimum Gasteiger partial charge on any atom is -0.465 e. The van der Waals surface area contributed by atoms with E-state index in [1.165, 1.54) is 7.11 Å². The summed E-state index contributed by atoms with van der Waals surface area (Å²) in [6.07, 6.45) is 0.535. The summed E-state index contributed by atoms with van der Waals surface area (Å²) in [6.45, 7) is 8.04. The Morgan fingerprint density at radius 3 is 2.29 bits per heavy atom. The minimum absolute atomic E-state index is 0.350. The molecule has 1 fully saturated rings. The summed E-state index contributed by atoms with van der Waals surface area (Å²) in [5.74, 6) is -0.404. The average Bonchev–Trinajstić information content (AvgIpc) is 2.59. The van der Waals surface area contributed by atoms with Crippen LogP contribution in [0.25, 0.3) is 0 Å². The van der Waals surface area contributed by atoms with Gasteiger partial charge in [0.1, 0.15) is 0 Å². The Hall–Kier alpha value is -1.04. The van der Waals surface area contributed by atoms with Crippen LogP contribution in [0.2, 0.25) is 5.02 Å². The van der Waals surface area contributed by atoms with Gasteiger partial charge in [0.05, 0.1) is 23.9 Å². The lowest BCUT2D eigenvalue weighted by atomic mass is 9.80. The molecule has 21 heavy (non-hydrogen) atoms. The summed E-state index contributed by atoms with van der Waals surface area (Å²) in [5.41, 5.74) is 0.578. The molecule has 0 saturated carbocycles. The van der Waals surface area contributed by atoms with Gasteiger partial charge in [-0.05, 0) is 45.4 Å². The molecular formula is C15H20BClO4. The van der Waals surface area contributed by atoms with Crippen molar-refractivity contribution in [1.29, 1.82) is 0 Å². The molecule has 0 unspecified atom stereocenters. The zero-order valence-corrected chi connectivity index (χ0v) is 13.8. The number of rotatable bonds is 3. The van der Waals surface area contributed by atoms with Gasteiger partial charge in [-0.3, -0.25) is 0 Å². The standard InChI is InChI=1S/C15H20BClO4/c1-14(2)15(3,4)21-16(20-14)9-11-7-6-10(8-12(11)17)13(18)19-5/h6-8H,9H2,1-5H3. The van der Waals surface area contributed by atoms with Crippen LogP contribution in [0.5, 0.6) is 0 Å². The third kappa shape index (κ3) is 3.25. The number of esters is 1. The number of hydrogen-bond donors (Lipinski definition) is 0. The van der Waals surface area contributed by atoms with Crippen LogP contribution < -0.4 is 0 Å². The molecule has 0 radical (unpaired) electrons. The van der Waals surface area contributed by atoms with E-state index in [-0.39, 0.29) is 18.3 Å². The summed E-state index contributed by atoms with van der Waals surface area (Å²) in [7, 11) is 0.991. The second kappa shape index (κ2) is 5.63. The first kappa shape index (κ1) is 16.3. The third-order valence-electron chi connectivity index (χ3n) is 4.16. The second-order valence-electron chi connectivity index (χ2n) is 6.19. The van der Waals surface area contributed by atoms with Gasteiger partial charge in [0.25, 0.3) is 0 Å². The van der Waals surface area contributed by atoms with Crippen molar-refractivity contribution >= 4 is 24.7 Å². The second-order valence-corrected chi connectivity index (χ2v) is 6.59. The average molecular weight is 311 g/mol. The topological polar surface area (TPSA) is 44.8 Å². The molecular weight excluding hydrogens is 290 g/mol. The van der Waals surface area contributed by atoms with Gasteiger partial charge in [-0.1, -0.05) is 17.7 Å². The molecule has 0 atom stereocenters. The van der Waals surface area contributed by atoms with E-state index in [9.17, 15) is 4.79 Å². The zero-order valence-electron chi connectivity index (χ0n) is 13.0. The van der Waals surface area contributed by atoms with Crippen molar-refractivity contribution in [2.75, 3.05) is 7.11 Å². The van der Waals surface area contributed by atoms with E-state index < -0.39 is 5.97 Å². The molecule has 2 rings (SSSR count). The Kier molecular flexibility index (Phi) is 4.38. The van der Waals surface area contributed by atoms with Gasteiger partial charge >= 0.3 is 13.1 Å². The van der Waals surface area contributed by atoms with Gasteiger partial charge in [0.15, 0.2) is 0 Å². The van der Waals surface area contributed by atoms with E-state index >= 15 is 0 Å². The summed E-state index contributed by atoms with van der Waals surface area (Å²) >= 11 is 6.23. The van der Waals surface area contributed by atoms with Crippen molar-refractivity contribution in [2.45, 2.75) is 45.2 Å². The van der Waals surface area contributed by atoms with Gasteiger partial charge in [0, 0.05) is 11.3 Å². The van der Waals surface area contributed by atoms with Gasteiger partial charge in [0.2, 0.25) is 0 Å². The fourth-order valence-electron chi connectivity index (χ4n) is 2.19. The Labute approximate surface area is 130 Å². The number of carbonyl (C=O) groups excluding carboxylic acids is 1. The Balaban J connectivity index is 2.13. The summed E-state index contributed by atoms with van der Waals surface area (Å²) in [6, 6.07) is 5.10. The maximum Gasteiger partial charge on any atom is 0.462 e. The van der Waals surface area contributed by atoms with Crippen LogP contribution in [0.15, 0.2) is 18.2 Å². The fraction of sp³-hybridized carbons (Fsp3) is 0.533. The van der Waals surface area contributed by atoms with Crippen LogP contribution in [-0.2, 0) is 20.4 Å². The lowest BCUT2D eigenvalue weighted by molar-refractivity contribution is 0.00578. The molecule has 0 aliphatic carbocycles. The maximum atomic E-state index is 11.5. The van der Waals surface area contributed by atoms with Crippen molar-refractivity contribution in [3.63, 3.8) is 0 Å². The van der Waals surface area contributed by atoms with E-state index in [0.29, 0.717) is 16.9 Å². The molecule has 1 aromatic carbocycles. The first-order valence-corrected chi connectivity index (χ1v) is 7.26. The molecule has 1 aliphatic rings. The first-order valence-electron chi connectivity index (χ1n) is 6.88. The number of carbonyl (C=O) groups is 1. The number of ether oxygens (including phenoxy) is 1. The van der Waals surface area contributed by atoms with E-state index in [0.717, 1.165) is 5.56 Å². The molecule has 1 aromatic rings. The van der Waals surface area contributed by atoms with Gasteiger partial charge in [-0.15, -0.1) is 0 Å². The van der Waals surface area contributed by atoms with Crippen molar-refractivity contribution in [1.82, 2.24) is 0 Å². The van der Waals surface area contributed by atoms with Crippen molar-refractivity contribution in [3.8, 4) is 0 Å². The van der Waals surface area contributed by atoms with Gasteiger partial charge in [-0.2, -0.15) is 0 Å². The molecule has 4 nitrogen and oxygen atoms in total. The molecule has 0 amide bonds. The molecule has 0 spiro atoms. The van der Waals surface area contributed by atoms with Crippen molar-refractivity contribution in [3.05, 3.63) is 34.3 Å². The van der Waals surface area contributed by atoms with Crippen LogP contribution in [0.1, 0.15) is 43.6 Å². The van der Waals surface area contributed by atoms with Crippen LogP contribution in [0.3, 0.4) is 0 Å². The highest BCUT2D eigenvalue weighted by Crippen LogP contribution is 2.37. The quantitative estimate of drug-likeness (QED) is 0.635. The monoisotopic (exact) mass is 310 g/mol. The Morgan fingerprint density at radius 1 is 1.24 bits per heavy atom. The summed E-state index contributed by atoms with van der Waals surface area (Å²) in [5, 5.41) is 0.507. The summed E-state index contributed by atoms with van der Waals surface area (Å²) < 4.78 is 16.6. The lowest BCUT2D eigenvalue weighted by Gasteiger charge is -2.32. The third-order valence-corrected chi connectivity index (χ3v) is 4.51. The van der Waals surface area contributed by atoms with Crippen molar-refractivity contribution in [2.24, 2.45) is 0 Å². The number of halogens is 1. The molecule has 0 aromatic heterocycles. The summed E-state index contributed by atoms with van der Waals surface area (Å²) in [4.78, 5) is 11.5. The van der Waals surface area contributed by atoms with Crippen LogP contribution >= 0.6 is 11.6 Å². The van der Waals surface area contributed by atoms with Gasteiger partial charge < -0.3 is 14.0 Å². The Morgan fingerprint density at radius 2 is 1.81 bits per heavy atom.